The highest BCUT2D eigenvalue weighted by atomic mass is 35.5. The van der Waals surface area contributed by atoms with Crippen molar-refractivity contribution in [2.24, 2.45) is 0 Å². The molecule has 0 aliphatic heterocycles. The molecule has 3 nitrogen and oxygen atoms in total. The molecule has 5 heteroatoms. The second-order valence-corrected chi connectivity index (χ2v) is 5.57. The van der Waals surface area contributed by atoms with Gasteiger partial charge in [-0.05, 0) is 35.9 Å². The molecule has 2 heterocycles. The van der Waals surface area contributed by atoms with Crippen LogP contribution >= 0.6 is 11.6 Å². The second kappa shape index (κ2) is 5.07. The summed E-state index contributed by atoms with van der Waals surface area (Å²) in [4.78, 5) is 4.34. The van der Waals surface area contributed by atoms with E-state index in [1.807, 2.05) is 30.3 Å². The van der Waals surface area contributed by atoms with E-state index in [1.54, 1.807) is 12.3 Å². The minimum Gasteiger partial charge on any atom is -0.279 e. The number of nitrogens with zero attached hydrogens (tertiary/aromatic N) is 2. The standard InChI is InChI=1S/C17H11ClFN3/c18-13-5-6-14(19)12-8-10(3-4-11(12)13)9-16-17-15(21-22-16)2-1-7-20-17/h1-8H,9H2,(H,21,22). The van der Waals surface area contributed by atoms with Gasteiger partial charge in [0.25, 0.3) is 0 Å². The monoisotopic (exact) mass is 311 g/mol. The molecule has 0 spiro atoms. The third kappa shape index (κ3) is 2.12. The fourth-order valence-corrected chi connectivity index (χ4v) is 2.89. The predicted molar refractivity (Wildman–Crippen MR) is 85.6 cm³/mol. The Balaban J connectivity index is 1.80. The number of hydrogen-bond acceptors (Lipinski definition) is 2. The molecule has 0 radical (unpaired) electrons. The lowest BCUT2D eigenvalue weighted by atomic mass is 10.0. The van der Waals surface area contributed by atoms with E-state index in [0.29, 0.717) is 16.8 Å². The van der Waals surface area contributed by atoms with Crippen LogP contribution in [-0.2, 0) is 6.42 Å². The summed E-state index contributed by atoms with van der Waals surface area (Å²) in [5.74, 6) is -0.270. The maximum absolute atomic E-state index is 14.0. The lowest BCUT2D eigenvalue weighted by Crippen LogP contribution is -1.92. The van der Waals surface area contributed by atoms with Gasteiger partial charge in [-0.25, -0.2) is 4.39 Å². The molecule has 0 saturated carbocycles. The van der Waals surface area contributed by atoms with Gasteiger partial charge in [0.15, 0.2) is 0 Å². The van der Waals surface area contributed by atoms with Gasteiger partial charge in [-0.2, -0.15) is 5.10 Å². The molecule has 0 amide bonds. The third-order valence-corrected chi connectivity index (χ3v) is 4.07. The normalized spacial score (nSPS) is 11.4. The summed E-state index contributed by atoms with van der Waals surface area (Å²) in [7, 11) is 0. The van der Waals surface area contributed by atoms with Gasteiger partial charge in [-0.15, -0.1) is 0 Å². The number of benzene rings is 2. The number of H-pyrrole nitrogens is 1. The zero-order valence-corrected chi connectivity index (χ0v) is 12.2. The van der Waals surface area contributed by atoms with E-state index < -0.39 is 0 Å². The molecule has 0 aliphatic rings. The molecule has 0 bridgehead atoms. The fourth-order valence-electron chi connectivity index (χ4n) is 2.66. The SMILES string of the molecule is Fc1ccc(Cl)c2ccc(Cc3[nH]nc4cccnc34)cc12. The Labute approximate surface area is 130 Å². The number of hydrogen-bond donors (Lipinski definition) is 1. The topological polar surface area (TPSA) is 41.6 Å². The van der Waals surface area contributed by atoms with Gasteiger partial charge in [-0.1, -0.05) is 23.7 Å². The molecular formula is C17H11ClFN3. The average molecular weight is 312 g/mol. The molecule has 2 aromatic carbocycles. The van der Waals surface area contributed by atoms with E-state index in [-0.39, 0.29) is 5.82 Å². The summed E-state index contributed by atoms with van der Waals surface area (Å²) in [6, 6.07) is 12.3. The number of halogens is 2. The maximum atomic E-state index is 14.0. The molecule has 0 unspecified atom stereocenters. The van der Waals surface area contributed by atoms with Gasteiger partial charge in [0.2, 0.25) is 0 Å². The minimum absolute atomic E-state index is 0.270. The second-order valence-electron chi connectivity index (χ2n) is 5.16. The fraction of sp³-hybridized carbons (Fsp3) is 0.0588. The van der Waals surface area contributed by atoms with E-state index in [4.69, 9.17) is 11.6 Å². The Kier molecular flexibility index (Phi) is 3.05. The summed E-state index contributed by atoms with van der Waals surface area (Å²) in [5, 5.41) is 9.03. The van der Waals surface area contributed by atoms with Gasteiger partial charge in [-0.3, -0.25) is 10.1 Å². The van der Waals surface area contributed by atoms with Crippen molar-refractivity contribution in [1.82, 2.24) is 15.2 Å². The molecule has 4 rings (SSSR count). The summed E-state index contributed by atoms with van der Waals surface area (Å²) in [5.41, 5.74) is 3.56. The van der Waals surface area contributed by atoms with Crippen molar-refractivity contribution in [1.29, 1.82) is 0 Å². The molecule has 1 N–H and O–H groups in total. The highest BCUT2D eigenvalue weighted by Crippen LogP contribution is 2.27. The van der Waals surface area contributed by atoms with Gasteiger partial charge in [0.1, 0.15) is 16.9 Å². The first-order chi connectivity index (χ1) is 10.7. The Hall–Kier alpha value is -2.46. The summed E-state index contributed by atoms with van der Waals surface area (Å²) >= 11 is 6.11. The van der Waals surface area contributed by atoms with Crippen molar-refractivity contribution in [2.45, 2.75) is 6.42 Å². The number of pyridine rings is 1. The van der Waals surface area contributed by atoms with Crippen LogP contribution in [0, 0.1) is 5.82 Å². The smallest absolute Gasteiger partial charge is 0.131 e. The van der Waals surface area contributed by atoms with Crippen LogP contribution in [0.1, 0.15) is 11.3 Å². The average Bonchev–Trinajstić information content (AvgIpc) is 2.94. The Bertz CT molecular complexity index is 994. The van der Waals surface area contributed by atoms with Gasteiger partial charge >= 0.3 is 0 Å². The minimum atomic E-state index is -0.270. The van der Waals surface area contributed by atoms with Crippen LogP contribution in [0.25, 0.3) is 21.8 Å². The maximum Gasteiger partial charge on any atom is 0.131 e. The van der Waals surface area contributed by atoms with E-state index in [0.717, 1.165) is 27.7 Å². The van der Waals surface area contributed by atoms with Crippen LogP contribution < -0.4 is 0 Å². The molecule has 0 fully saturated rings. The summed E-state index contributed by atoms with van der Waals surface area (Å²) in [6.45, 7) is 0. The zero-order valence-electron chi connectivity index (χ0n) is 11.5. The first-order valence-corrected chi connectivity index (χ1v) is 7.25. The molecule has 4 aromatic rings. The molecule has 0 atom stereocenters. The van der Waals surface area contributed by atoms with Crippen LogP contribution in [0.3, 0.4) is 0 Å². The number of aromatic nitrogens is 3. The van der Waals surface area contributed by atoms with Crippen molar-refractivity contribution in [3.05, 3.63) is 70.8 Å². The Morgan fingerprint density at radius 2 is 2.00 bits per heavy atom. The summed E-state index contributed by atoms with van der Waals surface area (Å²) in [6.07, 6.45) is 2.34. The van der Waals surface area contributed by atoms with Crippen molar-refractivity contribution < 1.29 is 4.39 Å². The number of nitrogens with one attached hydrogen (secondary N) is 1. The van der Waals surface area contributed by atoms with Crippen molar-refractivity contribution in [2.75, 3.05) is 0 Å². The Morgan fingerprint density at radius 3 is 2.91 bits per heavy atom. The van der Waals surface area contributed by atoms with E-state index >= 15 is 0 Å². The number of aromatic amines is 1. The highest BCUT2D eigenvalue weighted by Gasteiger charge is 2.09. The van der Waals surface area contributed by atoms with Crippen LogP contribution in [0.15, 0.2) is 48.7 Å². The van der Waals surface area contributed by atoms with E-state index in [1.165, 1.54) is 6.07 Å². The molecule has 0 aliphatic carbocycles. The van der Waals surface area contributed by atoms with Crippen LogP contribution in [-0.4, -0.2) is 15.2 Å². The van der Waals surface area contributed by atoms with Gasteiger partial charge < -0.3 is 0 Å². The van der Waals surface area contributed by atoms with E-state index in [2.05, 4.69) is 15.2 Å². The van der Waals surface area contributed by atoms with Crippen LogP contribution in [0.2, 0.25) is 5.02 Å². The largest absolute Gasteiger partial charge is 0.279 e. The summed E-state index contributed by atoms with van der Waals surface area (Å²) < 4.78 is 14.0. The lowest BCUT2D eigenvalue weighted by Gasteiger charge is -2.05. The quantitative estimate of drug-likeness (QED) is 0.592. The molecular weight excluding hydrogens is 301 g/mol. The molecule has 108 valence electrons. The van der Waals surface area contributed by atoms with Crippen molar-refractivity contribution >= 4 is 33.4 Å². The van der Waals surface area contributed by atoms with Crippen molar-refractivity contribution in [3.8, 4) is 0 Å². The zero-order chi connectivity index (χ0) is 15.1. The molecule has 2 aromatic heterocycles. The first-order valence-electron chi connectivity index (χ1n) is 6.87. The van der Waals surface area contributed by atoms with Gasteiger partial charge in [0, 0.05) is 28.4 Å². The molecule has 22 heavy (non-hydrogen) atoms. The van der Waals surface area contributed by atoms with E-state index in [9.17, 15) is 4.39 Å². The third-order valence-electron chi connectivity index (χ3n) is 3.74. The Morgan fingerprint density at radius 1 is 1.09 bits per heavy atom. The van der Waals surface area contributed by atoms with Crippen LogP contribution in [0.5, 0.6) is 0 Å². The first kappa shape index (κ1) is 13.2. The lowest BCUT2D eigenvalue weighted by molar-refractivity contribution is 0.640. The predicted octanol–water partition coefficient (Wildman–Crippen LogP) is 4.49. The van der Waals surface area contributed by atoms with Crippen molar-refractivity contribution in [3.63, 3.8) is 0 Å². The van der Waals surface area contributed by atoms with Crippen LogP contribution in [0.4, 0.5) is 4.39 Å². The number of rotatable bonds is 2. The molecule has 0 saturated heterocycles. The van der Waals surface area contributed by atoms with Gasteiger partial charge in [0.05, 0.1) is 5.69 Å². The highest BCUT2D eigenvalue weighted by molar-refractivity contribution is 6.35. The number of fused-ring (bicyclic) bond motifs is 2.